The highest BCUT2D eigenvalue weighted by molar-refractivity contribution is 5.44. The van der Waals surface area contributed by atoms with Gasteiger partial charge in [0.2, 0.25) is 6.79 Å². The Bertz CT molecular complexity index is 568. The van der Waals surface area contributed by atoms with Crippen molar-refractivity contribution < 1.29 is 9.47 Å². The average Bonchev–Trinajstić information content (AvgIpc) is 2.94. The van der Waals surface area contributed by atoms with Crippen LogP contribution in [0.25, 0.3) is 0 Å². The Morgan fingerprint density at radius 1 is 1.00 bits per heavy atom. The quantitative estimate of drug-likeness (QED) is 0.904. The first kappa shape index (κ1) is 13.0. The molecule has 1 atom stereocenters. The molecule has 2 aromatic carbocycles. The van der Waals surface area contributed by atoms with Crippen molar-refractivity contribution >= 4 is 0 Å². The van der Waals surface area contributed by atoms with E-state index < -0.39 is 0 Å². The smallest absolute Gasteiger partial charge is 0.231 e. The summed E-state index contributed by atoms with van der Waals surface area (Å²) >= 11 is 0. The maximum atomic E-state index is 5.41. The number of hydrogen-bond acceptors (Lipinski definition) is 3. The Morgan fingerprint density at radius 2 is 1.80 bits per heavy atom. The molecule has 0 radical (unpaired) electrons. The van der Waals surface area contributed by atoms with E-state index in [1.165, 1.54) is 11.1 Å². The highest BCUT2D eigenvalue weighted by Gasteiger charge is 2.14. The van der Waals surface area contributed by atoms with E-state index in [1.54, 1.807) is 0 Å². The first-order valence-electron chi connectivity index (χ1n) is 6.97. The van der Waals surface area contributed by atoms with Crippen LogP contribution in [0.1, 0.15) is 18.1 Å². The summed E-state index contributed by atoms with van der Waals surface area (Å²) in [7, 11) is 0. The molecule has 0 amide bonds. The van der Waals surface area contributed by atoms with Gasteiger partial charge in [-0.1, -0.05) is 36.4 Å². The van der Waals surface area contributed by atoms with E-state index in [2.05, 4.69) is 48.6 Å². The predicted molar refractivity (Wildman–Crippen MR) is 79.0 cm³/mol. The fourth-order valence-electron chi connectivity index (χ4n) is 2.38. The molecule has 1 aliphatic rings. The summed E-state index contributed by atoms with van der Waals surface area (Å²) in [6.07, 6.45) is 0.976. The molecule has 3 nitrogen and oxygen atoms in total. The number of benzene rings is 2. The van der Waals surface area contributed by atoms with Gasteiger partial charge in [0.25, 0.3) is 0 Å². The van der Waals surface area contributed by atoms with Gasteiger partial charge in [0.15, 0.2) is 11.5 Å². The summed E-state index contributed by atoms with van der Waals surface area (Å²) in [5.74, 6) is 1.71. The highest BCUT2D eigenvalue weighted by atomic mass is 16.7. The van der Waals surface area contributed by atoms with Gasteiger partial charge < -0.3 is 14.8 Å². The van der Waals surface area contributed by atoms with Crippen LogP contribution in [-0.2, 0) is 13.0 Å². The zero-order valence-corrected chi connectivity index (χ0v) is 11.6. The highest BCUT2D eigenvalue weighted by Crippen LogP contribution is 2.32. The predicted octanol–water partition coefficient (Wildman–Crippen LogP) is 3.14. The lowest BCUT2D eigenvalue weighted by molar-refractivity contribution is 0.174. The third-order valence-electron chi connectivity index (χ3n) is 3.48. The first-order valence-corrected chi connectivity index (χ1v) is 6.97. The molecule has 0 bridgehead atoms. The summed E-state index contributed by atoms with van der Waals surface area (Å²) in [6, 6.07) is 17.0. The van der Waals surface area contributed by atoms with Gasteiger partial charge in [0.1, 0.15) is 0 Å². The third kappa shape index (κ3) is 3.11. The van der Waals surface area contributed by atoms with Crippen molar-refractivity contribution in [1.29, 1.82) is 0 Å². The summed E-state index contributed by atoms with van der Waals surface area (Å²) < 4.78 is 10.7. The van der Waals surface area contributed by atoms with Crippen LogP contribution in [0, 0.1) is 0 Å². The second kappa shape index (κ2) is 5.97. The van der Waals surface area contributed by atoms with Gasteiger partial charge in [-0.15, -0.1) is 0 Å². The molecule has 3 rings (SSSR count). The molecule has 1 N–H and O–H groups in total. The second-order valence-corrected chi connectivity index (χ2v) is 5.16. The summed E-state index contributed by atoms with van der Waals surface area (Å²) in [5, 5.41) is 3.54. The minimum atomic E-state index is 0.334. The molecule has 0 saturated heterocycles. The largest absolute Gasteiger partial charge is 0.454 e. The van der Waals surface area contributed by atoms with Crippen molar-refractivity contribution in [3.63, 3.8) is 0 Å². The Morgan fingerprint density at radius 3 is 2.65 bits per heavy atom. The maximum absolute atomic E-state index is 5.41. The lowest BCUT2D eigenvalue weighted by atomic mass is 10.1. The zero-order chi connectivity index (χ0) is 13.8. The van der Waals surface area contributed by atoms with E-state index >= 15 is 0 Å². The van der Waals surface area contributed by atoms with Crippen molar-refractivity contribution in [2.75, 3.05) is 6.79 Å². The van der Waals surface area contributed by atoms with Crippen molar-refractivity contribution in [3.05, 3.63) is 59.7 Å². The van der Waals surface area contributed by atoms with Crippen molar-refractivity contribution in [2.45, 2.75) is 25.9 Å². The van der Waals surface area contributed by atoms with Crippen LogP contribution < -0.4 is 14.8 Å². The number of hydrogen-bond donors (Lipinski definition) is 1. The lowest BCUT2D eigenvalue weighted by Gasteiger charge is -2.14. The Kier molecular flexibility index (Phi) is 3.88. The van der Waals surface area contributed by atoms with Crippen LogP contribution in [-0.4, -0.2) is 12.8 Å². The molecule has 0 fully saturated rings. The number of fused-ring (bicyclic) bond motifs is 1. The standard InChI is InChI=1S/C17H19NO2/c1-13(18-11-14-5-3-2-4-6-14)9-15-7-8-16-17(10-15)20-12-19-16/h2-8,10,13,18H,9,11-12H2,1H3. The van der Waals surface area contributed by atoms with Crippen LogP contribution in [0.15, 0.2) is 48.5 Å². The van der Waals surface area contributed by atoms with Crippen LogP contribution in [0.4, 0.5) is 0 Å². The minimum absolute atomic E-state index is 0.334. The number of ether oxygens (including phenoxy) is 2. The monoisotopic (exact) mass is 269 g/mol. The summed E-state index contributed by atoms with van der Waals surface area (Å²) in [6.45, 7) is 3.43. The normalized spacial score (nSPS) is 14.2. The zero-order valence-electron chi connectivity index (χ0n) is 11.6. The second-order valence-electron chi connectivity index (χ2n) is 5.16. The van der Waals surface area contributed by atoms with Gasteiger partial charge in [0.05, 0.1) is 0 Å². The van der Waals surface area contributed by atoms with Crippen LogP contribution in [0.3, 0.4) is 0 Å². The maximum Gasteiger partial charge on any atom is 0.231 e. The average molecular weight is 269 g/mol. The topological polar surface area (TPSA) is 30.5 Å². The Balaban J connectivity index is 1.55. The molecule has 2 aromatic rings. The van der Waals surface area contributed by atoms with Crippen molar-refractivity contribution in [3.8, 4) is 11.5 Å². The molecule has 1 unspecified atom stereocenters. The minimum Gasteiger partial charge on any atom is -0.454 e. The third-order valence-corrected chi connectivity index (χ3v) is 3.48. The van der Waals surface area contributed by atoms with Crippen molar-refractivity contribution in [1.82, 2.24) is 5.32 Å². The lowest BCUT2D eigenvalue weighted by Crippen LogP contribution is -2.27. The Hall–Kier alpha value is -2.00. The van der Waals surface area contributed by atoms with E-state index in [9.17, 15) is 0 Å². The molecule has 1 heterocycles. The number of nitrogens with one attached hydrogen (secondary N) is 1. The molecule has 1 aliphatic heterocycles. The SMILES string of the molecule is CC(Cc1ccc2c(c1)OCO2)NCc1ccccc1. The summed E-state index contributed by atoms with van der Waals surface area (Å²) in [4.78, 5) is 0. The van der Waals surface area contributed by atoms with E-state index in [0.717, 1.165) is 24.5 Å². The molecule has 20 heavy (non-hydrogen) atoms. The van der Waals surface area contributed by atoms with Crippen molar-refractivity contribution in [2.24, 2.45) is 0 Å². The van der Waals surface area contributed by atoms with Crippen LogP contribution in [0.5, 0.6) is 11.5 Å². The van der Waals surface area contributed by atoms with Gasteiger partial charge in [-0.25, -0.2) is 0 Å². The van der Waals surface area contributed by atoms with Gasteiger partial charge >= 0.3 is 0 Å². The Labute approximate surface area is 119 Å². The molecular weight excluding hydrogens is 250 g/mol. The fraction of sp³-hybridized carbons (Fsp3) is 0.294. The van der Waals surface area contributed by atoms with Gasteiger partial charge in [0, 0.05) is 12.6 Å². The van der Waals surface area contributed by atoms with E-state index in [-0.39, 0.29) is 0 Å². The van der Waals surface area contributed by atoms with Gasteiger partial charge in [-0.3, -0.25) is 0 Å². The molecule has 0 spiro atoms. The van der Waals surface area contributed by atoms with E-state index in [0.29, 0.717) is 12.8 Å². The summed E-state index contributed by atoms with van der Waals surface area (Å²) in [5.41, 5.74) is 2.58. The molecule has 0 saturated carbocycles. The number of rotatable bonds is 5. The van der Waals surface area contributed by atoms with E-state index in [4.69, 9.17) is 9.47 Å². The molecular formula is C17H19NO2. The molecule has 0 aromatic heterocycles. The van der Waals surface area contributed by atoms with Gasteiger partial charge in [-0.05, 0) is 36.6 Å². The van der Waals surface area contributed by atoms with Gasteiger partial charge in [-0.2, -0.15) is 0 Å². The molecule has 0 aliphatic carbocycles. The van der Waals surface area contributed by atoms with Crippen LogP contribution >= 0.6 is 0 Å². The van der Waals surface area contributed by atoms with E-state index in [1.807, 2.05) is 12.1 Å². The molecule has 104 valence electrons. The first-order chi connectivity index (χ1) is 9.81. The van der Waals surface area contributed by atoms with Crippen LogP contribution in [0.2, 0.25) is 0 Å². The molecule has 3 heteroatoms. The fourth-order valence-corrected chi connectivity index (χ4v) is 2.38.